The maximum atomic E-state index is 12.3. The van der Waals surface area contributed by atoms with Crippen LogP contribution in [0.2, 0.25) is 0 Å². The van der Waals surface area contributed by atoms with E-state index in [1.807, 2.05) is 6.92 Å². The minimum absolute atomic E-state index is 0.0764. The number of allylic oxidation sites excluding steroid dienone is 2. The van der Waals surface area contributed by atoms with Crippen LogP contribution in [0.3, 0.4) is 0 Å². The number of hydrogen-bond acceptors (Lipinski definition) is 1. The van der Waals surface area contributed by atoms with Gasteiger partial charge in [-0.05, 0) is 29.7 Å². The van der Waals surface area contributed by atoms with Gasteiger partial charge in [-0.2, -0.15) is 13.2 Å². The van der Waals surface area contributed by atoms with E-state index in [1.54, 1.807) is 6.08 Å². The molecule has 1 rings (SSSR count). The molecule has 0 bridgehead atoms. The molecule has 0 aliphatic carbocycles. The maximum absolute atomic E-state index is 12.3. The summed E-state index contributed by atoms with van der Waals surface area (Å²) in [6, 6.07) is 4.92. The van der Waals surface area contributed by atoms with E-state index in [4.69, 9.17) is 0 Å². The fourth-order valence-corrected chi connectivity index (χ4v) is 1.30. The van der Waals surface area contributed by atoms with Crippen molar-refractivity contribution < 1.29 is 18.0 Å². The molecule has 1 nitrogen and oxygen atoms in total. The Labute approximate surface area is 91.6 Å². The van der Waals surface area contributed by atoms with Crippen molar-refractivity contribution in [3.05, 3.63) is 47.5 Å². The standard InChI is InChI=1S/C12H11F3O/c1-9(3-2-8-16)10-4-6-11(7-5-10)12(13,14)15/h2-9H,1H3/b3-2+. The number of benzene rings is 1. The Morgan fingerprint density at radius 3 is 2.19 bits per heavy atom. The van der Waals surface area contributed by atoms with Crippen LogP contribution >= 0.6 is 0 Å². The summed E-state index contributed by atoms with van der Waals surface area (Å²) in [6.07, 6.45) is -0.696. The molecule has 0 aliphatic heterocycles. The first kappa shape index (κ1) is 12.5. The SMILES string of the molecule is CC(/C=C/C=O)c1ccc(C(F)(F)F)cc1. The predicted molar refractivity (Wildman–Crippen MR) is 55.1 cm³/mol. The van der Waals surface area contributed by atoms with Gasteiger partial charge in [0.15, 0.2) is 0 Å². The fraction of sp³-hybridized carbons (Fsp3) is 0.250. The molecule has 4 heteroatoms. The van der Waals surface area contributed by atoms with Crippen molar-refractivity contribution in [1.82, 2.24) is 0 Å². The van der Waals surface area contributed by atoms with E-state index in [9.17, 15) is 18.0 Å². The van der Waals surface area contributed by atoms with Gasteiger partial charge in [0.2, 0.25) is 0 Å². The quantitative estimate of drug-likeness (QED) is 0.571. The van der Waals surface area contributed by atoms with Crippen molar-refractivity contribution in [2.75, 3.05) is 0 Å². The van der Waals surface area contributed by atoms with E-state index in [-0.39, 0.29) is 5.92 Å². The Morgan fingerprint density at radius 1 is 1.19 bits per heavy atom. The molecular weight excluding hydrogens is 217 g/mol. The lowest BCUT2D eigenvalue weighted by molar-refractivity contribution is -0.137. The Hall–Kier alpha value is -1.58. The predicted octanol–water partition coefficient (Wildman–Crippen LogP) is 3.56. The number of rotatable bonds is 3. The number of halogens is 3. The smallest absolute Gasteiger partial charge is 0.299 e. The molecule has 1 unspecified atom stereocenters. The molecule has 0 heterocycles. The van der Waals surface area contributed by atoms with Crippen molar-refractivity contribution in [3.8, 4) is 0 Å². The molecule has 1 atom stereocenters. The highest BCUT2D eigenvalue weighted by atomic mass is 19.4. The van der Waals surface area contributed by atoms with E-state index in [2.05, 4.69) is 0 Å². The van der Waals surface area contributed by atoms with Crippen LogP contribution < -0.4 is 0 Å². The van der Waals surface area contributed by atoms with Gasteiger partial charge in [-0.3, -0.25) is 4.79 Å². The third-order valence-corrected chi connectivity index (χ3v) is 2.24. The average molecular weight is 228 g/mol. The topological polar surface area (TPSA) is 17.1 Å². The summed E-state index contributed by atoms with van der Waals surface area (Å²) < 4.78 is 36.8. The van der Waals surface area contributed by atoms with E-state index in [0.717, 1.165) is 17.7 Å². The molecule has 16 heavy (non-hydrogen) atoms. The molecular formula is C12H11F3O. The molecule has 0 fully saturated rings. The Morgan fingerprint density at radius 2 is 1.75 bits per heavy atom. The lowest BCUT2D eigenvalue weighted by Crippen LogP contribution is -2.04. The lowest BCUT2D eigenvalue weighted by Gasteiger charge is -2.09. The summed E-state index contributed by atoms with van der Waals surface area (Å²) in [5.74, 6) is -0.0764. The first-order valence-electron chi connectivity index (χ1n) is 4.74. The highest BCUT2D eigenvalue weighted by Crippen LogP contribution is 2.30. The summed E-state index contributed by atoms with van der Waals surface area (Å²) in [7, 11) is 0. The van der Waals surface area contributed by atoms with Gasteiger partial charge in [0.05, 0.1) is 5.56 Å². The fourth-order valence-electron chi connectivity index (χ4n) is 1.30. The van der Waals surface area contributed by atoms with Gasteiger partial charge >= 0.3 is 6.18 Å². The third kappa shape index (κ3) is 3.22. The second kappa shape index (κ2) is 4.96. The van der Waals surface area contributed by atoms with Crippen LogP contribution in [0.1, 0.15) is 24.0 Å². The van der Waals surface area contributed by atoms with E-state index < -0.39 is 11.7 Å². The summed E-state index contributed by atoms with van der Waals surface area (Å²) in [4.78, 5) is 10.1. The van der Waals surface area contributed by atoms with Gasteiger partial charge < -0.3 is 0 Å². The van der Waals surface area contributed by atoms with Gasteiger partial charge in [-0.15, -0.1) is 0 Å². The normalized spacial score (nSPS) is 14.0. The number of carbonyl (C=O) groups is 1. The molecule has 0 spiro atoms. The molecule has 0 saturated carbocycles. The van der Waals surface area contributed by atoms with Crippen LogP contribution in [0.15, 0.2) is 36.4 Å². The lowest BCUT2D eigenvalue weighted by atomic mass is 9.99. The number of carbonyl (C=O) groups excluding carboxylic acids is 1. The van der Waals surface area contributed by atoms with Crippen LogP contribution in [-0.2, 0) is 11.0 Å². The Kier molecular flexibility index (Phi) is 3.88. The van der Waals surface area contributed by atoms with Gasteiger partial charge in [0.25, 0.3) is 0 Å². The van der Waals surface area contributed by atoms with Crippen LogP contribution in [0.25, 0.3) is 0 Å². The highest BCUT2D eigenvalue weighted by Gasteiger charge is 2.29. The molecule has 0 aromatic heterocycles. The molecule has 0 amide bonds. The van der Waals surface area contributed by atoms with E-state index in [0.29, 0.717) is 6.29 Å². The second-order valence-corrected chi connectivity index (χ2v) is 3.43. The summed E-state index contributed by atoms with van der Waals surface area (Å²) in [6.45, 7) is 1.81. The van der Waals surface area contributed by atoms with Crippen molar-refractivity contribution in [1.29, 1.82) is 0 Å². The zero-order valence-electron chi connectivity index (χ0n) is 8.66. The van der Waals surface area contributed by atoms with Crippen LogP contribution in [-0.4, -0.2) is 6.29 Å². The summed E-state index contributed by atoms with van der Waals surface area (Å²) >= 11 is 0. The average Bonchev–Trinajstić information content (AvgIpc) is 2.25. The van der Waals surface area contributed by atoms with Crippen molar-refractivity contribution in [2.24, 2.45) is 0 Å². The van der Waals surface area contributed by atoms with Gasteiger partial charge in [-0.1, -0.05) is 25.1 Å². The molecule has 0 radical (unpaired) electrons. The summed E-state index contributed by atoms with van der Waals surface area (Å²) in [5, 5.41) is 0. The third-order valence-electron chi connectivity index (χ3n) is 2.24. The Bertz CT molecular complexity index is 376. The van der Waals surface area contributed by atoms with E-state index >= 15 is 0 Å². The number of aldehydes is 1. The summed E-state index contributed by atoms with van der Waals surface area (Å²) in [5.41, 5.74) is 0.0777. The molecule has 0 aliphatic rings. The Balaban J connectivity index is 2.86. The minimum atomic E-state index is -4.31. The van der Waals surface area contributed by atoms with Gasteiger partial charge in [0, 0.05) is 0 Å². The van der Waals surface area contributed by atoms with E-state index in [1.165, 1.54) is 18.2 Å². The first-order chi connectivity index (χ1) is 7.45. The molecule has 0 N–H and O–H groups in total. The van der Waals surface area contributed by atoms with Crippen molar-refractivity contribution >= 4 is 6.29 Å². The van der Waals surface area contributed by atoms with Crippen LogP contribution in [0.5, 0.6) is 0 Å². The zero-order chi connectivity index (χ0) is 12.2. The van der Waals surface area contributed by atoms with Crippen molar-refractivity contribution in [3.63, 3.8) is 0 Å². The van der Waals surface area contributed by atoms with Gasteiger partial charge in [0.1, 0.15) is 6.29 Å². The van der Waals surface area contributed by atoms with Gasteiger partial charge in [-0.25, -0.2) is 0 Å². The molecule has 0 saturated heterocycles. The molecule has 1 aromatic rings. The monoisotopic (exact) mass is 228 g/mol. The first-order valence-corrected chi connectivity index (χ1v) is 4.74. The minimum Gasteiger partial charge on any atom is -0.299 e. The number of hydrogen-bond donors (Lipinski definition) is 0. The zero-order valence-corrected chi connectivity index (χ0v) is 8.66. The molecule has 1 aromatic carbocycles. The van der Waals surface area contributed by atoms with Crippen LogP contribution in [0.4, 0.5) is 13.2 Å². The second-order valence-electron chi connectivity index (χ2n) is 3.43. The molecule has 86 valence electrons. The largest absolute Gasteiger partial charge is 0.416 e. The number of alkyl halides is 3. The van der Waals surface area contributed by atoms with Crippen molar-refractivity contribution in [2.45, 2.75) is 19.0 Å². The maximum Gasteiger partial charge on any atom is 0.416 e. The van der Waals surface area contributed by atoms with Crippen LogP contribution in [0, 0.1) is 0 Å². The highest BCUT2D eigenvalue weighted by molar-refractivity contribution is 5.65.